The van der Waals surface area contributed by atoms with Gasteiger partial charge in [0.1, 0.15) is 6.61 Å². The monoisotopic (exact) mass is 488 g/mol. The smallest absolute Gasteiger partial charge is 0.260 e. The zero-order valence-electron chi connectivity index (χ0n) is 17.0. The predicted molar refractivity (Wildman–Crippen MR) is 128 cm³/mol. The van der Waals surface area contributed by atoms with E-state index in [1.54, 1.807) is 6.08 Å². The second-order valence-corrected chi connectivity index (χ2v) is 8.54. The fourth-order valence-corrected chi connectivity index (χ4v) is 4.48. The van der Waals surface area contributed by atoms with Crippen LogP contribution in [0.15, 0.2) is 58.4 Å². The highest BCUT2D eigenvalue weighted by atomic mass is 79.9. The molecule has 3 rings (SSSR count). The molecule has 0 radical (unpaired) electrons. The average Bonchev–Trinajstić information content (AvgIpc) is 3.07. The van der Waals surface area contributed by atoms with Crippen molar-refractivity contribution in [2.45, 2.75) is 25.8 Å². The average molecular weight is 489 g/mol. The third-order valence-electron chi connectivity index (χ3n) is 4.37. The van der Waals surface area contributed by atoms with Crippen molar-refractivity contribution in [1.29, 1.82) is 0 Å². The maximum atomic E-state index is 12.5. The molecule has 1 unspecified atom stereocenters. The van der Waals surface area contributed by atoms with Crippen molar-refractivity contribution in [3.8, 4) is 11.5 Å². The van der Waals surface area contributed by atoms with Crippen LogP contribution in [0, 0.1) is 0 Å². The van der Waals surface area contributed by atoms with Gasteiger partial charge in [-0.15, -0.1) is 0 Å². The molecule has 2 aromatic carbocycles. The molecule has 0 saturated carbocycles. The molecular weight excluding hydrogens is 464 g/mol. The Morgan fingerprint density at radius 2 is 2.00 bits per heavy atom. The number of amides is 1. The minimum atomic E-state index is -0.221. The van der Waals surface area contributed by atoms with Crippen molar-refractivity contribution < 1.29 is 14.3 Å². The summed E-state index contributed by atoms with van der Waals surface area (Å²) in [7, 11) is 0. The maximum Gasteiger partial charge on any atom is 0.260 e. The molecule has 2 aromatic rings. The number of anilines is 1. The number of rotatable bonds is 9. The highest BCUT2D eigenvalue weighted by molar-refractivity contribution is 9.10. The van der Waals surface area contributed by atoms with Crippen LogP contribution < -0.4 is 20.1 Å². The van der Waals surface area contributed by atoms with Gasteiger partial charge in [-0.1, -0.05) is 43.5 Å². The Morgan fingerprint density at radius 1 is 1.23 bits per heavy atom. The van der Waals surface area contributed by atoms with Crippen molar-refractivity contribution >= 4 is 45.4 Å². The summed E-state index contributed by atoms with van der Waals surface area (Å²) >= 11 is 4.99. The highest BCUT2D eigenvalue weighted by Gasteiger charge is 2.27. The van der Waals surface area contributed by atoms with Gasteiger partial charge >= 0.3 is 0 Å². The fourth-order valence-electron chi connectivity index (χ4n) is 2.92. The van der Waals surface area contributed by atoms with Gasteiger partial charge in [-0.3, -0.25) is 4.79 Å². The van der Waals surface area contributed by atoms with Gasteiger partial charge in [0.05, 0.1) is 16.0 Å². The summed E-state index contributed by atoms with van der Waals surface area (Å²) in [6.45, 7) is 8.61. The molecule has 1 aliphatic heterocycles. The zero-order valence-corrected chi connectivity index (χ0v) is 19.4. The molecule has 30 heavy (non-hydrogen) atoms. The van der Waals surface area contributed by atoms with E-state index >= 15 is 0 Å². The summed E-state index contributed by atoms with van der Waals surface area (Å²) in [5.41, 5.74) is 2.87. The largest absolute Gasteiger partial charge is 0.490 e. The Morgan fingerprint density at radius 3 is 2.67 bits per heavy atom. The summed E-state index contributed by atoms with van der Waals surface area (Å²) in [6, 6.07) is 12.0. The van der Waals surface area contributed by atoms with Gasteiger partial charge in [0, 0.05) is 5.69 Å². The first-order valence-electron chi connectivity index (χ1n) is 9.78. The number of ether oxygens (including phenoxy) is 2. The Bertz CT molecular complexity index is 944. The normalized spacial score (nSPS) is 17.0. The predicted octanol–water partition coefficient (Wildman–Crippen LogP) is 5.57. The van der Waals surface area contributed by atoms with Crippen LogP contribution in [0.4, 0.5) is 5.69 Å². The highest BCUT2D eigenvalue weighted by Crippen LogP contribution is 2.39. The van der Waals surface area contributed by atoms with Gasteiger partial charge in [0.25, 0.3) is 5.91 Å². The molecule has 1 heterocycles. The molecule has 0 bridgehead atoms. The van der Waals surface area contributed by atoms with E-state index in [1.165, 1.54) is 17.3 Å². The molecule has 158 valence electrons. The quantitative estimate of drug-likeness (QED) is 0.356. The van der Waals surface area contributed by atoms with Crippen molar-refractivity contribution in [2.75, 3.05) is 18.5 Å². The fraction of sp³-hybridized carbons (Fsp3) is 0.261. The van der Waals surface area contributed by atoms with Gasteiger partial charge in [-0.05, 0) is 70.7 Å². The SMILES string of the molecule is C=CCOc1c(Br)cc(/C=C2\SC(Nc3ccc(CC)cc3)NC2=O)cc1OCC. The number of nitrogens with one attached hydrogen (secondary N) is 2. The van der Waals surface area contributed by atoms with E-state index in [2.05, 4.69) is 52.2 Å². The molecule has 0 aliphatic carbocycles. The summed E-state index contributed by atoms with van der Waals surface area (Å²) in [5, 5.41) is 6.30. The third-order valence-corrected chi connectivity index (χ3v) is 5.98. The van der Waals surface area contributed by atoms with E-state index in [1.807, 2.05) is 37.3 Å². The first kappa shape index (κ1) is 22.3. The second-order valence-electron chi connectivity index (χ2n) is 6.54. The van der Waals surface area contributed by atoms with Crippen LogP contribution in [0.25, 0.3) is 6.08 Å². The van der Waals surface area contributed by atoms with Gasteiger partial charge in [-0.2, -0.15) is 0 Å². The van der Waals surface area contributed by atoms with Gasteiger partial charge < -0.3 is 20.1 Å². The number of thioether (sulfide) groups is 1. The second kappa shape index (κ2) is 10.6. The molecule has 5 nitrogen and oxygen atoms in total. The lowest BCUT2D eigenvalue weighted by molar-refractivity contribution is -0.116. The number of hydrogen-bond acceptors (Lipinski definition) is 5. The molecule has 0 spiro atoms. The van der Waals surface area contributed by atoms with Crippen molar-refractivity contribution in [1.82, 2.24) is 5.32 Å². The minimum Gasteiger partial charge on any atom is -0.490 e. The molecule has 0 aromatic heterocycles. The van der Waals surface area contributed by atoms with E-state index in [-0.39, 0.29) is 11.4 Å². The molecule has 1 atom stereocenters. The molecule has 1 fully saturated rings. The number of benzene rings is 2. The van der Waals surface area contributed by atoms with Crippen LogP contribution in [0.3, 0.4) is 0 Å². The van der Waals surface area contributed by atoms with E-state index in [4.69, 9.17) is 9.47 Å². The zero-order chi connectivity index (χ0) is 21.5. The van der Waals surface area contributed by atoms with Crippen LogP contribution in [0.1, 0.15) is 25.0 Å². The Kier molecular flexibility index (Phi) is 7.87. The lowest BCUT2D eigenvalue weighted by Gasteiger charge is -2.14. The Balaban J connectivity index is 1.76. The number of aryl methyl sites for hydroxylation is 1. The molecular formula is C23H25BrN2O3S. The Hall–Kier alpha value is -2.38. The van der Waals surface area contributed by atoms with Crippen LogP contribution in [0.5, 0.6) is 11.5 Å². The van der Waals surface area contributed by atoms with E-state index in [0.29, 0.717) is 29.6 Å². The summed E-state index contributed by atoms with van der Waals surface area (Å²) in [6.07, 6.45) is 4.53. The lowest BCUT2D eigenvalue weighted by atomic mass is 10.1. The van der Waals surface area contributed by atoms with E-state index in [0.717, 1.165) is 22.1 Å². The van der Waals surface area contributed by atoms with Gasteiger partial charge in [0.15, 0.2) is 17.0 Å². The van der Waals surface area contributed by atoms with Crippen LogP contribution in [0.2, 0.25) is 0 Å². The summed E-state index contributed by atoms with van der Waals surface area (Å²) in [4.78, 5) is 13.1. The number of carbonyl (C=O) groups excluding carboxylic acids is 1. The number of hydrogen-bond donors (Lipinski definition) is 2. The number of carbonyl (C=O) groups is 1. The maximum absolute atomic E-state index is 12.5. The molecule has 1 amide bonds. The van der Waals surface area contributed by atoms with Gasteiger partial charge in [0.2, 0.25) is 0 Å². The topological polar surface area (TPSA) is 59.6 Å². The molecule has 2 N–H and O–H groups in total. The van der Waals surface area contributed by atoms with Crippen LogP contribution >= 0.6 is 27.7 Å². The summed E-state index contributed by atoms with van der Waals surface area (Å²) < 4.78 is 12.2. The third kappa shape index (κ3) is 5.61. The van der Waals surface area contributed by atoms with Crippen LogP contribution in [-0.2, 0) is 11.2 Å². The van der Waals surface area contributed by atoms with Gasteiger partial charge in [-0.25, -0.2) is 0 Å². The minimum absolute atomic E-state index is 0.108. The molecule has 1 aliphatic rings. The van der Waals surface area contributed by atoms with Crippen molar-refractivity contribution in [3.63, 3.8) is 0 Å². The first-order chi connectivity index (χ1) is 14.5. The lowest BCUT2D eigenvalue weighted by Crippen LogP contribution is -2.30. The summed E-state index contributed by atoms with van der Waals surface area (Å²) in [5.74, 6) is 1.14. The standard InChI is InChI=1S/C23H25BrN2O3S/c1-4-11-29-21-18(24)12-16(13-19(21)28-6-3)14-20-22(27)26-23(30-20)25-17-9-7-15(5-2)8-10-17/h4,7-10,12-14,23,25H,1,5-6,11H2,2-3H3,(H,26,27)/b20-14-. The van der Waals surface area contributed by atoms with Crippen LogP contribution in [-0.4, -0.2) is 24.6 Å². The van der Waals surface area contributed by atoms with E-state index in [9.17, 15) is 4.79 Å². The number of halogens is 1. The van der Waals surface area contributed by atoms with Crippen molar-refractivity contribution in [3.05, 3.63) is 69.6 Å². The van der Waals surface area contributed by atoms with E-state index < -0.39 is 0 Å². The van der Waals surface area contributed by atoms with Crippen molar-refractivity contribution in [2.24, 2.45) is 0 Å². The first-order valence-corrected chi connectivity index (χ1v) is 11.5. The molecule has 7 heteroatoms. The molecule has 1 saturated heterocycles. The Labute approximate surface area is 190 Å².